The van der Waals surface area contributed by atoms with Gasteiger partial charge in [0.25, 0.3) is 10.0 Å². The second kappa shape index (κ2) is 8.35. The number of hydrogen-bond donors (Lipinski definition) is 1. The number of benzene rings is 2. The summed E-state index contributed by atoms with van der Waals surface area (Å²) < 4.78 is 32.4. The molecule has 0 saturated carbocycles. The molecule has 0 radical (unpaired) electrons. The molecule has 0 unspecified atom stereocenters. The van der Waals surface area contributed by atoms with E-state index in [4.69, 9.17) is 44.6 Å². The first-order valence-corrected chi connectivity index (χ1v) is 9.77. The van der Waals surface area contributed by atoms with Crippen molar-refractivity contribution in [2.24, 2.45) is 0 Å². The quantitative estimate of drug-likeness (QED) is 0.696. The molecule has 0 aliphatic rings. The van der Waals surface area contributed by atoms with Crippen molar-refractivity contribution in [2.45, 2.75) is 11.3 Å². The minimum atomic E-state index is -4.15. The number of aliphatic carboxylic acids is 1. The van der Waals surface area contributed by atoms with Crippen LogP contribution in [0.4, 0.5) is 5.69 Å². The SMILES string of the molecule is COc1ccc(Cl)cc1N(CCC(=O)O)S(=O)(=O)c1ccc(Cl)c(Cl)c1. The number of carbonyl (C=O) groups is 1. The van der Waals surface area contributed by atoms with Gasteiger partial charge in [-0.05, 0) is 36.4 Å². The van der Waals surface area contributed by atoms with Crippen LogP contribution in [-0.4, -0.2) is 33.1 Å². The summed E-state index contributed by atoms with van der Waals surface area (Å²) in [5.74, 6) is -0.927. The number of hydrogen-bond acceptors (Lipinski definition) is 4. The zero-order chi connectivity index (χ0) is 19.5. The van der Waals surface area contributed by atoms with Gasteiger partial charge in [-0.2, -0.15) is 0 Å². The molecule has 2 aromatic carbocycles. The smallest absolute Gasteiger partial charge is 0.305 e. The topological polar surface area (TPSA) is 83.9 Å². The highest BCUT2D eigenvalue weighted by Gasteiger charge is 2.28. The molecule has 0 fully saturated rings. The van der Waals surface area contributed by atoms with Crippen molar-refractivity contribution in [1.29, 1.82) is 0 Å². The van der Waals surface area contributed by atoms with E-state index in [2.05, 4.69) is 0 Å². The van der Waals surface area contributed by atoms with Crippen molar-refractivity contribution in [3.63, 3.8) is 0 Å². The number of ether oxygens (including phenoxy) is 1. The molecule has 0 amide bonds. The Morgan fingerprint density at radius 1 is 1.12 bits per heavy atom. The fourth-order valence-electron chi connectivity index (χ4n) is 2.19. The monoisotopic (exact) mass is 437 g/mol. The van der Waals surface area contributed by atoms with E-state index < -0.39 is 22.4 Å². The van der Waals surface area contributed by atoms with Crippen LogP contribution in [0.25, 0.3) is 0 Å². The van der Waals surface area contributed by atoms with E-state index >= 15 is 0 Å². The largest absolute Gasteiger partial charge is 0.495 e. The molecule has 0 spiro atoms. The van der Waals surface area contributed by atoms with Gasteiger partial charge in [0.1, 0.15) is 5.75 Å². The Morgan fingerprint density at radius 2 is 1.81 bits per heavy atom. The van der Waals surface area contributed by atoms with Gasteiger partial charge in [0, 0.05) is 11.6 Å². The van der Waals surface area contributed by atoms with Gasteiger partial charge in [-0.1, -0.05) is 34.8 Å². The van der Waals surface area contributed by atoms with Gasteiger partial charge in [0.05, 0.1) is 34.2 Å². The average molecular weight is 439 g/mol. The second-order valence-corrected chi connectivity index (χ2v) is 8.23. The van der Waals surface area contributed by atoms with Crippen LogP contribution in [0.5, 0.6) is 5.75 Å². The fraction of sp³-hybridized carbons (Fsp3) is 0.188. The molecule has 0 aliphatic carbocycles. The summed E-state index contributed by atoms with van der Waals surface area (Å²) in [6, 6.07) is 8.25. The molecule has 26 heavy (non-hydrogen) atoms. The van der Waals surface area contributed by atoms with Crippen molar-refractivity contribution in [3.05, 3.63) is 51.5 Å². The first-order chi connectivity index (χ1) is 12.2. The normalized spacial score (nSPS) is 11.2. The van der Waals surface area contributed by atoms with E-state index in [0.717, 1.165) is 4.31 Å². The number of anilines is 1. The molecular formula is C16H14Cl3NO5S. The maximum Gasteiger partial charge on any atom is 0.305 e. The van der Waals surface area contributed by atoms with Gasteiger partial charge in [0.2, 0.25) is 0 Å². The zero-order valence-electron chi connectivity index (χ0n) is 13.4. The van der Waals surface area contributed by atoms with E-state index in [9.17, 15) is 13.2 Å². The Balaban J connectivity index is 2.62. The molecule has 140 valence electrons. The molecule has 1 N–H and O–H groups in total. The summed E-state index contributed by atoms with van der Waals surface area (Å²) in [5.41, 5.74) is 0.118. The Hall–Kier alpha value is -1.67. The van der Waals surface area contributed by atoms with E-state index in [1.54, 1.807) is 0 Å². The summed E-state index contributed by atoms with van der Waals surface area (Å²) in [7, 11) is -2.78. The Bertz CT molecular complexity index is 933. The van der Waals surface area contributed by atoms with Crippen molar-refractivity contribution in [2.75, 3.05) is 18.0 Å². The summed E-state index contributed by atoms with van der Waals surface area (Å²) in [6.07, 6.45) is -0.420. The molecule has 0 heterocycles. The fourth-order valence-corrected chi connectivity index (χ4v) is 4.21. The van der Waals surface area contributed by atoms with E-state index in [0.29, 0.717) is 0 Å². The minimum Gasteiger partial charge on any atom is -0.495 e. The Kier molecular flexibility index (Phi) is 6.63. The number of carboxylic acids is 1. The molecule has 2 rings (SSSR count). The standard InChI is InChI=1S/C16H14Cl3NO5S/c1-25-15-5-2-10(17)8-14(15)20(7-6-16(21)22)26(23,24)11-3-4-12(18)13(19)9-11/h2-5,8-9H,6-7H2,1H3,(H,21,22). The lowest BCUT2D eigenvalue weighted by atomic mass is 10.3. The molecule has 2 aromatic rings. The van der Waals surface area contributed by atoms with Gasteiger partial charge < -0.3 is 9.84 Å². The highest BCUT2D eigenvalue weighted by molar-refractivity contribution is 7.92. The van der Waals surface area contributed by atoms with Crippen LogP contribution in [0.1, 0.15) is 6.42 Å². The predicted molar refractivity (Wildman–Crippen MR) is 101 cm³/mol. The van der Waals surface area contributed by atoms with Crippen molar-refractivity contribution < 1.29 is 23.1 Å². The zero-order valence-corrected chi connectivity index (χ0v) is 16.5. The molecule has 0 saturated heterocycles. The van der Waals surface area contributed by atoms with Gasteiger partial charge in [0.15, 0.2) is 0 Å². The van der Waals surface area contributed by atoms with Crippen molar-refractivity contribution in [1.82, 2.24) is 0 Å². The van der Waals surface area contributed by atoms with Crippen LogP contribution in [0.2, 0.25) is 15.1 Å². The molecule has 0 aromatic heterocycles. The van der Waals surface area contributed by atoms with Gasteiger partial charge in [-0.3, -0.25) is 9.10 Å². The summed E-state index contributed by atoms with van der Waals surface area (Å²) in [5, 5.41) is 9.52. The molecule has 6 nitrogen and oxygen atoms in total. The van der Waals surface area contributed by atoms with Gasteiger partial charge in [-0.25, -0.2) is 8.42 Å². The van der Waals surface area contributed by atoms with Crippen LogP contribution in [-0.2, 0) is 14.8 Å². The van der Waals surface area contributed by atoms with Crippen LogP contribution in [0, 0.1) is 0 Å². The summed E-state index contributed by atoms with van der Waals surface area (Å²) in [6.45, 7) is -0.325. The minimum absolute atomic E-state index is 0.0592. The van der Waals surface area contributed by atoms with Crippen LogP contribution in [0.15, 0.2) is 41.3 Å². The van der Waals surface area contributed by atoms with Gasteiger partial charge in [-0.15, -0.1) is 0 Å². The summed E-state index contributed by atoms with van der Waals surface area (Å²) in [4.78, 5) is 10.9. The first-order valence-electron chi connectivity index (χ1n) is 7.20. The number of methoxy groups -OCH3 is 1. The average Bonchev–Trinajstić information content (AvgIpc) is 2.57. The number of carboxylic acid groups (broad SMARTS) is 1. The number of halogens is 3. The molecular weight excluding hydrogens is 425 g/mol. The lowest BCUT2D eigenvalue weighted by Crippen LogP contribution is -2.33. The van der Waals surface area contributed by atoms with E-state index in [-0.39, 0.29) is 37.9 Å². The van der Waals surface area contributed by atoms with Crippen LogP contribution < -0.4 is 9.04 Å². The highest BCUT2D eigenvalue weighted by atomic mass is 35.5. The lowest BCUT2D eigenvalue weighted by molar-refractivity contribution is -0.136. The second-order valence-electron chi connectivity index (χ2n) is 5.11. The maximum atomic E-state index is 13.1. The van der Waals surface area contributed by atoms with Crippen LogP contribution >= 0.6 is 34.8 Å². The molecule has 10 heteroatoms. The lowest BCUT2D eigenvalue weighted by Gasteiger charge is -2.26. The van der Waals surface area contributed by atoms with Crippen LogP contribution in [0.3, 0.4) is 0 Å². The molecule has 0 atom stereocenters. The number of rotatable bonds is 7. The predicted octanol–water partition coefficient (Wildman–Crippen LogP) is 4.33. The third kappa shape index (κ3) is 4.54. The first kappa shape index (κ1) is 20.6. The molecule has 0 aliphatic heterocycles. The molecule has 0 bridgehead atoms. The van der Waals surface area contributed by atoms with Gasteiger partial charge >= 0.3 is 5.97 Å². The third-order valence-corrected chi connectivity index (χ3v) is 6.20. The Morgan fingerprint density at radius 3 is 2.38 bits per heavy atom. The summed E-state index contributed by atoms with van der Waals surface area (Å²) >= 11 is 17.8. The maximum absolute atomic E-state index is 13.1. The number of sulfonamides is 1. The van der Waals surface area contributed by atoms with Crippen molar-refractivity contribution in [3.8, 4) is 5.75 Å². The number of nitrogens with zero attached hydrogens (tertiary/aromatic N) is 1. The Labute approximate surface area is 165 Å². The van der Waals surface area contributed by atoms with E-state index in [1.165, 1.54) is 43.5 Å². The van der Waals surface area contributed by atoms with Crippen molar-refractivity contribution >= 4 is 56.5 Å². The highest BCUT2D eigenvalue weighted by Crippen LogP contribution is 2.36. The van der Waals surface area contributed by atoms with E-state index in [1.807, 2.05) is 0 Å². The third-order valence-electron chi connectivity index (χ3n) is 3.42.